The van der Waals surface area contributed by atoms with Crippen LogP contribution in [0.4, 0.5) is 0 Å². The van der Waals surface area contributed by atoms with Crippen LogP contribution in [0, 0.1) is 0 Å². The van der Waals surface area contributed by atoms with E-state index < -0.39 is 13.1 Å². The monoisotopic (exact) mass is 346 g/mol. The van der Waals surface area contributed by atoms with Gasteiger partial charge >= 0.3 is 13.1 Å². The van der Waals surface area contributed by atoms with Gasteiger partial charge in [-0.15, -0.1) is 0 Å². The zero-order valence-electron chi connectivity index (χ0n) is 13.5. The van der Waals surface area contributed by atoms with Crippen LogP contribution < -0.4 is 5.46 Å². The summed E-state index contributed by atoms with van der Waals surface area (Å²) >= 11 is 12.3. The van der Waals surface area contributed by atoms with Gasteiger partial charge in [-0.25, -0.2) is 4.79 Å². The Balaban J connectivity index is 3.19. The van der Waals surface area contributed by atoms with Gasteiger partial charge in [0.25, 0.3) is 0 Å². The number of ether oxygens (including phenoxy) is 1. The van der Waals surface area contributed by atoms with Gasteiger partial charge in [0.1, 0.15) is 0 Å². The number of carbonyl (C=O) groups excluding carboxylic acids is 1. The molecule has 0 unspecified atom stereocenters. The van der Waals surface area contributed by atoms with Crippen molar-refractivity contribution in [3.63, 3.8) is 0 Å². The van der Waals surface area contributed by atoms with Gasteiger partial charge in [-0.3, -0.25) is 0 Å². The van der Waals surface area contributed by atoms with Crippen molar-refractivity contribution in [3.05, 3.63) is 27.7 Å². The predicted molar refractivity (Wildman–Crippen MR) is 90.3 cm³/mol. The first-order valence-corrected chi connectivity index (χ1v) is 7.88. The average molecular weight is 347 g/mol. The van der Waals surface area contributed by atoms with E-state index >= 15 is 0 Å². The Bertz CT molecular complexity index is 511. The van der Waals surface area contributed by atoms with Crippen molar-refractivity contribution >= 4 is 41.8 Å². The molecule has 0 aliphatic heterocycles. The molecule has 0 aliphatic carbocycles. The maximum atomic E-state index is 11.7. The highest BCUT2D eigenvalue weighted by Crippen LogP contribution is 2.25. The van der Waals surface area contributed by atoms with Crippen LogP contribution in [0.25, 0.3) is 0 Å². The number of hydrogen-bond acceptors (Lipinski definition) is 4. The van der Waals surface area contributed by atoms with Gasteiger partial charge in [0.05, 0.1) is 22.7 Å². The number of esters is 1. The summed E-state index contributed by atoms with van der Waals surface area (Å²) in [5, 5.41) is 0.411. The molecule has 0 saturated carbocycles. The average Bonchev–Trinajstić information content (AvgIpc) is 2.45. The van der Waals surface area contributed by atoms with Gasteiger partial charge in [0.15, 0.2) is 0 Å². The Morgan fingerprint density at radius 1 is 1.23 bits per heavy atom. The van der Waals surface area contributed by atoms with Gasteiger partial charge in [-0.05, 0) is 44.8 Å². The van der Waals surface area contributed by atoms with Crippen LogP contribution in [0.5, 0.6) is 0 Å². The van der Waals surface area contributed by atoms with Crippen LogP contribution in [0.15, 0.2) is 12.1 Å². The molecule has 0 N–H and O–H groups in total. The third-order valence-electron chi connectivity index (χ3n) is 3.32. The second kappa shape index (κ2) is 8.20. The molecule has 1 aromatic rings. The van der Waals surface area contributed by atoms with Gasteiger partial charge in [-0.1, -0.05) is 30.1 Å². The van der Waals surface area contributed by atoms with Crippen LogP contribution >= 0.6 is 23.2 Å². The molecular weight excluding hydrogens is 326 g/mol. The molecule has 22 heavy (non-hydrogen) atoms. The number of halogens is 2. The molecule has 0 amide bonds. The van der Waals surface area contributed by atoms with E-state index in [1.807, 2.05) is 27.7 Å². The van der Waals surface area contributed by atoms with E-state index in [1.54, 1.807) is 12.1 Å². The largest absolute Gasteiger partial charge is 0.494 e. The first kappa shape index (κ1) is 19.3. The van der Waals surface area contributed by atoms with Crippen LogP contribution in [-0.2, 0) is 14.0 Å². The molecule has 0 radical (unpaired) electrons. The molecule has 0 aliphatic rings. The summed E-state index contributed by atoms with van der Waals surface area (Å²) in [4.78, 5) is 11.7. The molecule has 1 aromatic carbocycles. The fourth-order valence-corrected chi connectivity index (χ4v) is 2.41. The lowest BCUT2D eigenvalue weighted by Gasteiger charge is -2.28. The molecular formula is C15H21BCl2O4. The van der Waals surface area contributed by atoms with Gasteiger partial charge in [-0.2, -0.15) is 0 Å². The van der Waals surface area contributed by atoms with E-state index in [0.717, 1.165) is 6.42 Å². The van der Waals surface area contributed by atoms with Crippen molar-refractivity contribution < 1.29 is 18.8 Å². The van der Waals surface area contributed by atoms with Crippen molar-refractivity contribution in [2.45, 2.75) is 39.7 Å². The van der Waals surface area contributed by atoms with Crippen LogP contribution in [0.2, 0.25) is 10.0 Å². The Morgan fingerprint density at radius 2 is 1.77 bits per heavy atom. The molecule has 4 nitrogen and oxygen atoms in total. The molecule has 7 heteroatoms. The summed E-state index contributed by atoms with van der Waals surface area (Å²) in [6.07, 6.45) is 0.818. The van der Waals surface area contributed by atoms with Crippen molar-refractivity contribution in [2.24, 2.45) is 0 Å². The minimum Gasteiger partial charge on any atom is -0.465 e. The summed E-state index contributed by atoms with van der Waals surface area (Å²) in [5.74, 6) is -0.579. The molecule has 0 atom stereocenters. The highest BCUT2D eigenvalue weighted by Gasteiger charge is 2.30. The lowest BCUT2D eigenvalue weighted by Crippen LogP contribution is -2.44. The first-order valence-electron chi connectivity index (χ1n) is 7.12. The molecule has 0 fully saturated rings. The van der Waals surface area contributed by atoms with Crippen molar-refractivity contribution in [3.8, 4) is 0 Å². The molecule has 1 rings (SSSR count). The standard InChI is InChI=1S/C15H21BCl2O4/c1-6-15(3,4)22-16(21-7-2)10-8-11(17)13(12(18)9-10)14(19)20-5/h8-9H,6-7H2,1-5H3. The Kier molecular flexibility index (Phi) is 7.20. The third-order valence-corrected chi connectivity index (χ3v) is 3.92. The van der Waals surface area contributed by atoms with E-state index in [1.165, 1.54) is 7.11 Å². The lowest BCUT2D eigenvalue weighted by molar-refractivity contribution is 0.0600. The van der Waals surface area contributed by atoms with E-state index in [9.17, 15) is 4.79 Å². The number of carbonyl (C=O) groups is 1. The predicted octanol–water partition coefficient (Wildman–Crippen LogP) is 3.72. The number of benzene rings is 1. The quantitative estimate of drug-likeness (QED) is 0.557. The third kappa shape index (κ3) is 4.88. The molecule has 0 aromatic heterocycles. The summed E-state index contributed by atoms with van der Waals surface area (Å²) < 4.78 is 16.3. The molecule has 0 saturated heterocycles. The maximum absolute atomic E-state index is 11.7. The van der Waals surface area contributed by atoms with Gasteiger partial charge in [0.2, 0.25) is 0 Å². The van der Waals surface area contributed by atoms with Crippen LogP contribution in [0.1, 0.15) is 44.5 Å². The lowest BCUT2D eigenvalue weighted by atomic mass is 9.77. The van der Waals surface area contributed by atoms with Crippen molar-refractivity contribution in [1.82, 2.24) is 0 Å². The molecule has 0 spiro atoms. The fourth-order valence-electron chi connectivity index (χ4n) is 1.75. The van der Waals surface area contributed by atoms with Gasteiger partial charge in [0, 0.05) is 12.2 Å². The van der Waals surface area contributed by atoms with Crippen LogP contribution in [0.3, 0.4) is 0 Å². The second-order valence-electron chi connectivity index (χ2n) is 5.37. The minimum atomic E-state index is -0.610. The maximum Gasteiger partial charge on any atom is 0.494 e. The Labute approximate surface area is 142 Å². The van der Waals surface area contributed by atoms with Crippen molar-refractivity contribution in [1.29, 1.82) is 0 Å². The fraction of sp³-hybridized carbons (Fsp3) is 0.533. The summed E-state index contributed by atoms with van der Waals surface area (Å²) in [7, 11) is 0.667. The Hall–Kier alpha value is -0.745. The molecule has 0 bridgehead atoms. The molecule has 0 heterocycles. The van der Waals surface area contributed by atoms with Crippen LogP contribution in [-0.4, -0.2) is 32.4 Å². The highest BCUT2D eigenvalue weighted by molar-refractivity contribution is 6.62. The molecule has 122 valence electrons. The summed E-state index contributed by atoms with van der Waals surface area (Å²) in [6, 6.07) is 3.23. The first-order chi connectivity index (χ1) is 10.3. The highest BCUT2D eigenvalue weighted by atomic mass is 35.5. The SMILES string of the molecule is CCOB(OC(C)(C)CC)c1cc(Cl)c(C(=O)OC)c(Cl)c1. The minimum absolute atomic E-state index is 0.139. The number of hydrogen-bond donors (Lipinski definition) is 0. The normalized spacial score (nSPS) is 11.4. The van der Waals surface area contributed by atoms with E-state index in [-0.39, 0.29) is 21.2 Å². The number of rotatable bonds is 7. The van der Waals surface area contributed by atoms with Crippen molar-refractivity contribution in [2.75, 3.05) is 13.7 Å². The zero-order valence-corrected chi connectivity index (χ0v) is 15.0. The topological polar surface area (TPSA) is 44.8 Å². The van der Waals surface area contributed by atoms with E-state index in [4.69, 9.17) is 32.5 Å². The zero-order chi connectivity index (χ0) is 16.9. The Morgan fingerprint density at radius 3 is 2.18 bits per heavy atom. The van der Waals surface area contributed by atoms with E-state index in [2.05, 4.69) is 4.74 Å². The smallest absolute Gasteiger partial charge is 0.465 e. The van der Waals surface area contributed by atoms with Gasteiger partial charge < -0.3 is 14.0 Å². The summed E-state index contributed by atoms with van der Waals surface area (Å²) in [6.45, 7) is 8.33. The summed E-state index contributed by atoms with van der Waals surface area (Å²) in [5.41, 5.74) is 0.436. The van der Waals surface area contributed by atoms with E-state index in [0.29, 0.717) is 12.1 Å². The number of methoxy groups -OCH3 is 1. The second-order valence-corrected chi connectivity index (χ2v) is 6.18.